The van der Waals surface area contributed by atoms with Crippen molar-refractivity contribution in [3.05, 3.63) is 23.8 Å². The van der Waals surface area contributed by atoms with Crippen molar-refractivity contribution in [3.63, 3.8) is 0 Å². The van der Waals surface area contributed by atoms with E-state index >= 15 is 0 Å². The van der Waals surface area contributed by atoms with E-state index < -0.39 is 6.61 Å². The van der Waals surface area contributed by atoms with Crippen LogP contribution in [0.3, 0.4) is 0 Å². The molecular weight excluding hydrogens is 493 g/mol. The van der Waals surface area contributed by atoms with Gasteiger partial charge < -0.3 is 25.0 Å². The van der Waals surface area contributed by atoms with Crippen LogP contribution in [0.15, 0.2) is 23.2 Å². The van der Waals surface area contributed by atoms with Crippen molar-refractivity contribution in [1.82, 2.24) is 15.5 Å². The van der Waals surface area contributed by atoms with Gasteiger partial charge in [-0.05, 0) is 51.4 Å². The summed E-state index contributed by atoms with van der Waals surface area (Å²) in [5.41, 5.74) is 0.585. The number of aliphatic imine (C=N–C) groups is 1. The molecular formula is C20H33F2IN4O2. The molecule has 1 aromatic carbocycles. The SMILES string of the molecule is CCCOc1ccc(CN=C(NCC)NCC2CCN(C)C2)c(OC(F)F)c1.I. The molecule has 9 heteroatoms. The fourth-order valence-electron chi connectivity index (χ4n) is 3.12. The number of hydrogen-bond donors (Lipinski definition) is 2. The van der Waals surface area contributed by atoms with Gasteiger partial charge in [0.05, 0.1) is 13.2 Å². The lowest BCUT2D eigenvalue weighted by Crippen LogP contribution is -2.40. The Morgan fingerprint density at radius 2 is 2.10 bits per heavy atom. The van der Waals surface area contributed by atoms with Crippen LogP contribution in [-0.2, 0) is 6.54 Å². The van der Waals surface area contributed by atoms with E-state index in [-0.39, 0.29) is 36.3 Å². The summed E-state index contributed by atoms with van der Waals surface area (Å²) in [5, 5.41) is 6.55. The molecule has 0 amide bonds. The summed E-state index contributed by atoms with van der Waals surface area (Å²) in [5.74, 6) is 1.87. The molecule has 1 saturated heterocycles. The minimum atomic E-state index is -2.89. The van der Waals surface area contributed by atoms with Gasteiger partial charge in [0, 0.05) is 31.3 Å². The maximum atomic E-state index is 12.8. The molecule has 0 aliphatic carbocycles. The first-order chi connectivity index (χ1) is 13.5. The third kappa shape index (κ3) is 9.33. The molecule has 0 aromatic heterocycles. The lowest BCUT2D eigenvalue weighted by molar-refractivity contribution is -0.0505. The highest BCUT2D eigenvalue weighted by atomic mass is 127. The molecule has 2 rings (SSSR count). The van der Waals surface area contributed by atoms with Crippen LogP contribution in [0.2, 0.25) is 0 Å². The van der Waals surface area contributed by atoms with Crippen molar-refractivity contribution in [2.45, 2.75) is 39.8 Å². The first-order valence-electron chi connectivity index (χ1n) is 9.93. The van der Waals surface area contributed by atoms with E-state index in [9.17, 15) is 8.78 Å². The van der Waals surface area contributed by atoms with E-state index in [4.69, 9.17) is 4.74 Å². The second-order valence-corrected chi connectivity index (χ2v) is 6.99. The number of ether oxygens (including phenoxy) is 2. The number of benzene rings is 1. The molecule has 1 aliphatic heterocycles. The Morgan fingerprint density at radius 3 is 2.72 bits per heavy atom. The summed E-state index contributed by atoms with van der Waals surface area (Å²) in [7, 11) is 2.12. The summed E-state index contributed by atoms with van der Waals surface area (Å²) in [6.07, 6.45) is 2.00. The summed E-state index contributed by atoms with van der Waals surface area (Å²) in [6.45, 7) is 5.58. The topological polar surface area (TPSA) is 58.1 Å². The number of rotatable bonds is 10. The zero-order valence-electron chi connectivity index (χ0n) is 17.4. The van der Waals surface area contributed by atoms with Gasteiger partial charge in [0.25, 0.3) is 0 Å². The number of likely N-dealkylation sites (tertiary alicyclic amines) is 1. The molecule has 6 nitrogen and oxygen atoms in total. The molecule has 1 aliphatic rings. The van der Waals surface area contributed by atoms with Gasteiger partial charge in [-0.2, -0.15) is 8.78 Å². The van der Waals surface area contributed by atoms with Crippen LogP contribution in [0.4, 0.5) is 8.78 Å². The van der Waals surface area contributed by atoms with Crippen LogP contribution >= 0.6 is 24.0 Å². The number of nitrogens with one attached hydrogen (secondary N) is 2. The Bertz CT molecular complexity index is 634. The zero-order chi connectivity index (χ0) is 20.4. The first-order valence-corrected chi connectivity index (χ1v) is 9.93. The lowest BCUT2D eigenvalue weighted by atomic mass is 10.1. The fraction of sp³-hybridized carbons (Fsp3) is 0.650. The van der Waals surface area contributed by atoms with Crippen LogP contribution in [0.25, 0.3) is 0 Å². The summed E-state index contributed by atoms with van der Waals surface area (Å²) in [4.78, 5) is 6.85. The van der Waals surface area contributed by atoms with Gasteiger partial charge >= 0.3 is 6.61 Å². The van der Waals surface area contributed by atoms with Gasteiger partial charge in [-0.25, -0.2) is 4.99 Å². The van der Waals surface area contributed by atoms with Gasteiger partial charge in [0.2, 0.25) is 0 Å². The minimum Gasteiger partial charge on any atom is -0.493 e. The predicted molar refractivity (Wildman–Crippen MR) is 123 cm³/mol. The smallest absolute Gasteiger partial charge is 0.387 e. The molecule has 2 N–H and O–H groups in total. The van der Waals surface area contributed by atoms with Crippen molar-refractivity contribution in [2.24, 2.45) is 10.9 Å². The molecule has 0 spiro atoms. The standard InChI is InChI=1S/C20H32F2N4O2.HI/c1-4-10-27-17-7-6-16(18(11-17)28-19(21)22)13-25-20(23-5-2)24-12-15-8-9-26(3)14-15;/h6-7,11,15,19H,4-5,8-10,12-14H2,1-3H3,(H2,23,24,25);1H. The van der Waals surface area contributed by atoms with Crippen molar-refractivity contribution >= 4 is 29.9 Å². The second kappa shape index (κ2) is 13.8. The maximum absolute atomic E-state index is 12.8. The monoisotopic (exact) mass is 526 g/mol. The van der Waals surface area contributed by atoms with Gasteiger partial charge in [0.15, 0.2) is 5.96 Å². The van der Waals surface area contributed by atoms with E-state index in [1.807, 2.05) is 13.8 Å². The predicted octanol–water partition coefficient (Wildman–Crippen LogP) is 3.70. The Balaban J connectivity index is 0.00000420. The zero-order valence-corrected chi connectivity index (χ0v) is 19.7. The summed E-state index contributed by atoms with van der Waals surface area (Å²) in [6, 6.07) is 4.98. The molecule has 1 heterocycles. The number of halogens is 3. The number of nitrogens with zero attached hydrogens (tertiary/aromatic N) is 2. The van der Waals surface area contributed by atoms with Gasteiger partial charge in [-0.1, -0.05) is 6.92 Å². The van der Waals surface area contributed by atoms with Crippen molar-refractivity contribution < 1.29 is 18.3 Å². The first kappa shape index (κ1) is 25.7. The van der Waals surface area contributed by atoms with Crippen LogP contribution in [0, 0.1) is 5.92 Å². The molecule has 0 saturated carbocycles. The summed E-state index contributed by atoms with van der Waals surface area (Å²) < 4.78 is 35.8. The summed E-state index contributed by atoms with van der Waals surface area (Å²) >= 11 is 0. The highest BCUT2D eigenvalue weighted by molar-refractivity contribution is 14.0. The van der Waals surface area contributed by atoms with Crippen molar-refractivity contribution in [2.75, 3.05) is 39.8 Å². The molecule has 1 atom stereocenters. The fourth-order valence-corrected chi connectivity index (χ4v) is 3.12. The molecule has 0 bridgehead atoms. The average molecular weight is 526 g/mol. The van der Waals surface area contributed by atoms with Crippen molar-refractivity contribution in [3.8, 4) is 11.5 Å². The number of guanidine groups is 1. The molecule has 29 heavy (non-hydrogen) atoms. The molecule has 1 fully saturated rings. The normalized spacial score (nSPS) is 17.2. The van der Waals surface area contributed by atoms with Crippen LogP contribution in [0.1, 0.15) is 32.3 Å². The number of alkyl halides is 2. The minimum absolute atomic E-state index is 0. The number of hydrogen-bond acceptors (Lipinski definition) is 4. The maximum Gasteiger partial charge on any atom is 0.387 e. The van der Waals surface area contributed by atoms with E-state index in [2.05, 4.69) is 32.3 Å². The van der Waals surface area contributed by atoms with Crippen molar-refractivity contribution in [1.29, 1.82) is 0 Å². The largest absolute Gasteiger partial charge is 0.493 e. The second-order valence-electron chi connectivity index (χ2n) is 6.99. The van der Waals surface area contributed by atoms with E-state index in [1.54, 1.807) is 12.1 Å². The Morgan fingerprint density at radius 1 is 1.31 bits per heavy atom. The van der Waals surface area contributed by atoms with Gasteiger partial charge in [-0.3, -0.25) is 0 Å². The molecule has 0 radical (unpaired) electrons. The lowest BCUT2D eigenvalue weighted by Gasteiger charge is -2.16. The highest BCUT2D eigenvalue weighted by Crippen LogP contribution is 2.27. The van der Waals surface area contributed by atoms with Crippen LogP contribution in [-0.4, -0.2) is 57.3 Å². The average Bonchev–Trinajstić information content (AvgIpc) is 3.08. The van der Waals surface area contributed by atoms with Crippen LogP contribution < -0.4 is 20.1 Å². The Labute approximate surface area is 189 Å². The van der Waals surface area contributed by atoms with E-state index in [0.717, 1.165) is 39.0 Å². The van der Waals surface area contributed by atoms with Gasteiger partial charge in [0.1, 0.15) is 11.5 Å². The quantitative estimate of drug-likeness (QED) is 0.277. The third-order valence-electron chi connectivity index (χ3n) is 4.53. The van der Waals surface area contributed by atoms with Crippen LogP contribution in [0.5, 0.6) is 11.5 Å². The highest BCUT2D eigenvalue weighted by Gasteiger charge is 2.19. The third-order valence-corrected chi connectivity index (χ3v) is 4.53. The van der Waals surface area contributed by atoms with E-state index in [1.165, 1.54) is 6.07 Å². The Kier molecular flexibility index (Phi) is 12.2. The molecule has 166 valence electrons. The Hall–Kier alpha value is -1.36. The van der Waals surface area contributed by atoms with Gasteiger partial charge in [-0.15, -0.1) is 24.0 Å². The molecule has 1 aromatic rings. The molecule has 1 unspecified atom stereocenters. The van der Waals surface area contributed by atoms with E-state index in [0.29, 0.717) is 29.8 Å².